The molecule has 0 aliphatic carbocycles. The molecule has 0 aromatic rings. The van der Waals surface area contributed by atoms with E-state index < -0.39 is 0 Å². The zero-order chi connectivity index (χ0) is 8.53. The first-order chi connectivity index (χ1) is 5.31. The summed E-state index contributed by atoms with van der Waals surface area (Å²) in [4.78, 5) is 10.7. The fourth-order valence-corrected chi connectivity index (χ4v) is 0.592. The van der Waals surface area contributed by atoms with E-state index in [1.165, 1.54) is 0 Å². The Morgan fingerprint density at radius 1 is 1.55 bits per heavy atom. The molecule has 0 atom stereocenters. The Morgan fingerprint density at radius 2 is 2.27 bits per heavy atom. The topological polar surface area (TPSA) is 38.3 Å². The van der Waals surface area contributed by atoms with Crippen LogP contribution in [0, 0.1) is 6.92 Å². The maximum absolute atomic E-state index is 10.7. The minimum absolute atomic E-state index is 0.0724. The largest absolute Gasteiger partial charge is 0.380 e. The molecular formula is C8H16NO2. The van der Waals surface area contributed by atoms with Crippen molar-refractivity contribution in [3.63, 3.8) is 0 Å². The van der Waals surface area contributed by atoms with E-state index in [2.05, 4.69) is 12.2 Å². The van der Waals surface area contributed by atoms with Gasteiger partial charge in [0.1, 0.15) is 0 Å². The van der Waals surface area contributed by atoms with Crippen LogP contribution in [0.3, 0.4) is 0 Å². The van der Waals surface area contributed by atoms with Gasteiger partial charge in [-0.1, -0.05) is 13.8 Å². The van der Waals surface area contributed by atoms with E-state index in [0.29, 0.717) is 26.2 Å². The molecule has 0 rings (SSSR count). The van der Waals surface area contributed by atoms with Crippen molar-refractivity contribution in [2.45, 2.75) is 19.8 Å². The van der Waals surface area contributed by atoms with Crippen LogP contribution in [0.15, 0.2) is 0 Å². The molecule has 0 spiro atoms. The maximum Gasteiger partial charge on any atom is 0.219 e. The molecule has 0 aliphatic heterocycles. The molecule has 0 unspecified atom stereocenters. The number of carbonyl (C=O) groups is 1. The summed E-state index contributed by atoms with van der Waals surface area (Å²) in [5.41, 5.74) is 0. The molecular weight excluding hydrogens is 142 g/mol. The van der Waals surface area contributed by atoms with E-state index in [0.717, 1.165) is 6.42 Å². The first-order valence-electron chi connectivity index (χ1n) is 3.95. The third kappa shape index (κ3) is 7.33. The summed E-state index contributed by atoms with van der Waals surface area (Å²) in [5.74, 6) is 0.0724. The van der Waals surface area contributed by atoms with Gasteiger partial charge in [-0.3, -0.25) is 4.79 Å². The lowest BCUT2D eigenvalue weighted by atomic mass is 10.4. The van der Waals surface area contributed by atoms with E-state index in [-0.39, 0.29) is 5.91 Å². The molecule has 0 bridgehead atoms. The summed E-state index contributed by atoms with van der Waals surface area (Å²) in [6.07, 6.45) is 1.32. The van der Waals surface area contributed by atoms with Crippen LogP contribution < -0.4 is 5.32 Å². The van der Waals surface area contributed by atoms with Crippen molar-refractivity contribution in [1.82, 2.24) is 5.32 Å². The minimum atomic E-state index is 0.0724. The van der Waals surface area contributed by atoms with Gasteiger partial charge in [0.05, 0.1) is 6.61 Å². The van der Waals surface area contributed by atoms with Crippen molar-refractivity contribution in [1.29, 1.82) is 0 Å². The zero-order valence-corrected chi connectivity index (χ0v) is 7.06. The zero-order valence-electron chi connectivity index (χ0n) is 7.06. The Bertz CT molecular complexity index is 104. The van der Waals surface area contributed by atoms with Gasteiger partial charge in [-0.25, -0.2) is 0 Å². The van der Waals surface area contributed by atoms with E-state index in [1.807, 2.05) is 6.92 Å². The highest BCUT2D eigenvalue weighted by Gasteiger charge is 1.93. The van der Waals surface area contributed by atoms with Crippen LogP contribution in [0.25, 0.3) is 0 Å². The fraction of sp³-hybridized carbons (Fsp3) is 0.750. The van der Waals surface area contributed by atoms with Crippen molar-refractivity contribution >= 4 is 5.91 Å². The average molecular weight is 158 g/mol. The predicted molar refractivity (Wildman–Crippen MR) is 44.1 cm³/mol. The number of hydrogen-bond donors (Lipinski definition) is 1. The third-order valence-corrected chi connectivity index (χ3v) is 1.18. The summed E-state index contributed by atoms with van der Waals surface area (Å²) in [7, 11) is 0. The Kier molecular flexibility index (Phi) is 7.15. The lowest BCUT2D eigenvalue weighted by Crippen LogP contribution is -2.26. The Labute approximate surface area is 68.1 Å². The van der Waals surface area contributed by atoms with Crippen molar-refractivity contribution in [3.05, 3.63) is 6.92 Å². The highest BCUT2D eigenvalue weighted by Crippen LogP contribution is 1.79. The third-order valence-electron chi connectivity index (χ3n) is 1.18. The molecule has 0 aliphatic rings. The average Bonchev–Trinajstić information content (AvgIpc) is 2.04. The summed E-state index contributed by atoms with van der Waals surface area (Å²) >= 11 is 0. The molecule has 0 saturated heterocycles. The summed E-state index contributed by atoms with van der Waals surface area (Å²) in [6, 6.07) is 0. The van der Waals surface area contributed by atoms with Crippen LogP contribution in [0.2, 0.25) is 0 Å². The highest BCUT2D eigenvalue weighted by atomic mass is 16.5. The number of amides is 1. The van der Waals surface area contributed by atoms with E-state index in [9.17, 15) is 4.79 Å². The highest BCUT2D eigenvalue weighted by molar-refractivity contribution is 5.75. The first kappa shape index (κ1) is 10.4. The second kappa shape index (κ2) is 7.54. The molecule has 0 saturated carbocycles. The molecule has 1 amide bonds. The number of hydrogen-bond acceptors (Lipinski definition) is 2. The van der Waals surface area contributed by atoms with Gasteiger partial charge in [-0.2, -0.15) is 0 Å². The van der Waals surface area contributed by atoms with Crippen LogP contribution in [0.1, 0.15) is 19.8 Å². The van der Waals surface area contributed by atoms with Gasteiger partial charge in [0.15, 0.2) is 0 Å². The SMILES string of the molecule is [CH2]CCOCCNC(=O)CC. The molecule has 1 N–H and O–H groups in total. The van der Waals surface area contributed by atoms with Gasteiger partial charge in [0, 0.05) is 19.6 Å². The van der Waals surface area contributed by atoms with E-state index >= 15 is 0 Å². The van der Waals surface area contributed by atoms with Gasteiger partial charge in [0.25, 0.3) is 0 Å². The number of carbonyl (C=O) groups excluding carboxylic acids is 1. The lowest BCUT2D eigenvalue weighted by Gasteiger charge is -2.03. The molecule has 65 valence electrons. The summed E-state index contributed by atoms with van der Waals surface area (Å²) in [5, 5.41) is 2.71. The Hall–Kier alpha value is -0.570. The Balaban J connectivity index is 2.95. The van der Waals surface area contributed by atoms with Crippen LogP contribution in [0.4, 0.5) is 0 Å². The summed E-state index contributed by atoms with van der Waals surface area (Å²) < 4.78 is 5.10. The van der Waals surface area contributed by atoms with Crippen molar-refractivity contribution < 1.29 is 9.53 Å². The van der Waals surface area contributed by atoms with Crippen LogP contribution in [-0.4, -0.2) is 25.7 Å². The second-order valence-electron chi connectivity index (χ2n) is 2.17. The lowest BCUT2D eigenvalue weighted by molar-refractivity contribution is -0.121. The molecule has 3 nitrogen and oxygen atoms in total. The van der Waals surface area contributed by atoms with Gasteiger partial charge in [-0.05, 0) is 6.42 Å². The van der Waals surface area contributed by atoms with Crippen LogP contribution in [-0.2, 0) is 9.53 Å². The van der Waals surface area contributed by atoms with Gasteiger partial charge in [0.2, 0.25) is 5.91 Å². The summed E-state index contributed by atoms with van der Waals surface area (Å²) in [6.45, 7) is 7.30. The van der Waals surface area contributed by atoms with Crippen LogP contribution >= 0.6 is 0 Å². The monoisotopic (exact) mass is 158 g/mol. The standard InChI is InChI=1S/C8H16NO2/c1-3-6-11-7-5-9-8(10)4-2/h1,3-7H2,2H3,(H,9,10). The normalized spacial score (nSPS) is 9.64. The van der Waals surface area contributed by atoms with Crippen LogP contribution in [0.5, 0.6) is 0 Å². The number of ether oxygens (including phenoxy) is 1. The van der Waals surface area contributed by atoms with Gasteiger partial charge in [-0.15, -0.1) is 0 Å². The smallest absolute Gasteiger partial charge is 0.219 e. The molecule has 3 heteroatoms. The first-order valence-corrected chi connectivity index (χ1v) is 3.95. The minimum Gasteiger partial charge on any atom is -0.380 e. The molecule has 1 radical (unpaired) electrons. The van der Waals surface area contributed by atoms with E-state index in [1.54, 1.807) is 0 Å². The van der Waals surface area contributed by atoms with Gasteiger partial charge >= 0.3 is 0 Å². The second-order valence-corrected chi connectivity index (χ2v) is 2.17. The number of rotatable bonds is 6. The number of nitrogens with one attached hydrogen (secondary N) is 1. The van der Waals surface area contributed by atoms with Gasteiger partial charge < -0.3 is 10.1 Å². The van der Waals surface area contributed by atoms with Crippen molar-refractivity contribution in [3.8, 4) is 0 Å². The maximum atomic E-state index is 10.7. The van der Waals surface area contributed by atoms with Crippen molar-refractivity contribution in [2.75, 3.05) is 19.8 Å². The predicted octanol–water partition coefficient (Wildman–Crippen LogP) is 0.753. The van der Waals surface area contributed by atoms with Crippen molar-refractivity contribution in [2.24, 2.45) is 0 Å². The van der Waals surface area contributed by atoms with E-state index in [4.69, 9.17) is 4.74 Å². The quantitative estimate of drug-likeness (QED) is 0.579. The fourth-order valence-electron chi connectivity index (χ4n) is 0.592. The molecule has 0 heterocycles. The molecule has 11 heavy (non-hydrogen) atoms. The molecule has 0 aromatic carbocycles. The molecule has 0 fully saturated rings. The Morgan fingerprint density at radius 3 is 2.82 bits per heavy atom. The molecule has 0 aromatic heterocycles.